The molecule has 88 valence electrons. The maximum absolute atomic E-state index is 10.8. The normalized spacial score (nSPS) is 10.5. The van der Waals surface area contributed by atoms with E-state index in [0.717, 1.165) is 5.56 Å². The molecular weight excluding hydrogens is 218 g/mol. The van der Waals surface area contributed by atoms with Gasteiger partial charge in [0.1, 0.15) is 0 Å². The van der Waals surface area contributed by atoms with Crippen LogP contribution in [0.4, 0.5) is 0 Å². The van der Waals surface area contributed by atoms with Crippen LogP contribution < -0.4 is 0 Å². The van der Waals surface area contributed by atoms with Gasteiger partial charge in [0, 0.05) is 0 Å². The molecule has 0 unspecified atom stereocenters. The molecular formula is C12H13N3O2. The molecule has 0 fully saturated rings. The van der Waals surface area contributed by atoms with Crippen LogP contribution in [0, 0.1) is 13.8 Å². The largest absolute Gasteiger partial charge is 0.476 e. The summed E-state index contributed by atoms with van der Waals surface area (Å²) in [4.78, 5) is 10.8. The molecule has 0 spiro atoms. The van der Waals surface area contributed by atoms with Crippen molar-refractivity contribution in [1.29, 1.82) is 0 Å². The molecule has 2 rings (SSSR count). The zero-order chi connectivity index (χ0) is 12.4. The van der Waals surface area contributed by atoms with E-state index in [1.54, 1.807) is 11.6 Å². The van der Waals surface area contributed by atoms with Crippen molar-refractivity contribution >= 4 is 5.97 Å². The Balaban J connectivity index is 2.28. The van der Waals surface area contributed by atoms with Gasteiger partial charge in [0.05, 0.1) is 12.2 Å². The summed E-state index contributed by atoms with van der Waals surface area (Å²) in [6.45, 7) is 4.26. The molecule has 1 aromatic carbocycles. The van der Waals surface area contributed by atoms with E-state index in [1.807, 2.05) is 31.2 Å². The van der Waals surface area contributed by atoms with Crippen LogP contribution in [-0.4, -0.2) is 26.1 Å². The summed E-state index contributed by atoms with van der Waals surface area (Å²) >= 11 is 0. The first kappa shape index (κ1) is 11.3. The van der Waals surface area contributed by atoms with Gasteiger partial charge in [-0.15, -0.1) is 5.10 Å². The molecule has 0 aliphatic carbocycles. The maximum Gasteiger partial charge on any atom is 0.358 e. The van der Waals surface area contributed by atoms with E-state index < -0.39 is 5.97 Å². The molecule has 0 amide bonds. The summed E-state index contributed by atoms with van der Waals surface area (Å²) in [6.07, 6.45) is 0. The summed E-state index contributed by atoms with van der Waals surface area (Å²) in [5.74, 6) is -1.04. The van der Waals surface area contributed by atoms with E-state index in [0.29, 0.717) is 12.2 Å². The van der Waals surface area contributed by atoms with Gasteiger partial charge in [0.25, 0.3) is 0 Å². The molecule has 1 aromatic heterocycles. The second-order valence-corrected chi connectivity index (χ2v) is 3.98. The van der Waals surface area contributed by atoms with Crippen molar-refractivity contribution in [3.8, 4) is 0 Å². The smallest absolute Gasteiger partial charge is 0.358 e. The lowest BCUT2D eigenvalue weighted by Gasteiger charge is -2.04. The Morgan fingerprint density at radius 1 is 1.41 bits per heavy atom. The van der Waals surface area contributed by atoms with Gasteiger partial charge < -0.3 is 5.11 Å². The second-order valence-electron chi connectivity index (χ2n) is 3.98. The van der Waals surface area contributed by atoms with Gasteiger partial charge in [-0.2, -0.15) is 0 Å². The average Bonchev–Trinajstić information content (AvgIpc) is 2.61. The monoisotopic (exact) mass is 231 g/mol. The van der Waals surface area contributed by atoms with E-state index >= 15 is 0 Å². The van der Waals surface area contributed by atoms with Gasteiger partial charge >= 0.3 is 5.97 Å². The number of aromatic nitrogens is 3. The maximum atomic E-state index is 10.8. The Morgan fingerprint density at radius 2 is 2.18 bits per heavy atom. The molecule has 1 heterocycles. The molecule has 0 aliphatic heterocycles. The standard InChI is InChI=1S/C12H13N3O2/c1-8-4-3-5-10(6-8)7-15-9(2)11(12(16)17)13-14-15/h3-6H,7H2,1-2H3,(H,16,17). The van der Waals surface area contributed by atoms with E-state index in [2.05, 4.69) is 10.3 Å². The highest BCUT2D eigenvalue weighted by Crippen LogP contribution is 2.09. The number of rotatable bonds is 3. The number of hydrogen-bond donors (Lipinski definition) is 1. The third-order valence-electron chi connectivity index (χ3n) is 2.60. The SMILES string of the molecule is Cc1cccc(Cn2nnc(C(=O)O)c2C)c1. The van der Waals surface area contributed by atoms with Crippen LogP contribution in [0.15, 0.2) is 24.3 Å². The van der Waals surface area contributed by atoms with Crippen LogP contribution in [-0.2, 0) is 6.54 Å². The van der Waals surface area contributed by atoms with Gasteiger partial charge in [-0.05, 0) is 19.4 Å². The Morgan fingerprint density at radius 3 is 2.76 bits per heavy atom. The van der Waals surface area contributed by atoms with Crippen LogP contribution >= 0.6 is 0 Å². The molecule has 0 radical (unpaired) electrons. The Hall–Kier alpha value is -2.17. The zero-order valence-electron chi connectivity index (χ0n) is 9.71. The molecule has 0 aliphatic rings. The van der Waals surface area contributed by atoms with E-state index in [1.165, 1.54) is 5.56 Å². The summed E-state index contributed by atoms with van der Waals surface area (Å²) in [7, 11) is 0. The number of benzene rings is 1. The van der Waals surface area contributed by atoms with Gasteiger partial charge in [0.2, 0.25) is 0 Å². The first-order valence-electron chi connectivity index (χ1n) is 5.27. The molecule has 5 nitrogen and oxygen atoms in total. The minimum absolute atomic E-state index is 0.0117. The Kier molecular flexibility index (Phi) is 2.91. The van der Waals surface area contributed by atoms with Crippen LogP contribution in [0.1, 0.15) is 27.3 Å². The molecule has 17 heavy (non-hydrogen) atoms. The molecule has 5 heteroatoms. The minimum Gasteiger partial charge on any atom is -0.476 e. The lowest BCUT2D eigenvalue weighted by molar-refractivity contribution is 0.0689. The van der Waals surface area contributed by atoms with Crippen molar-refractivity contribution < 1.29 is 9.90 Å². The first-order valence-corrected chi connectivity index (χ1v) is 5.27. The van der Waals surface area contributed by atoms with Gasteiger partial charge in [-0.25, -0.2) is 9.48 Å². The molecule has 0 saturated carbocycles. The average molecular weight is 231 g/mol. The van der Waals surface area contributed by atoms with Crippen molar-refractivity contribution in [2.75, 3.05) is 0 Å². The van der Waals surface area contributed by atoms with Crippen LogP contribution in [0.2, 0.25) is 0 Å². The molecule has 0 bridgehead atoms. The third kappa shape index (κ3) is 2.33. The van der Waals surface area contributed by atoms with Crippen molar-refractivity contribution in [3.63, 3.8) is 0 Å². The molecule has 0 saturated heterocycles. The quantitative estimate of drug-likeness (QED) is 0.871. The van der Waals surface area contributed by atoms with E-state index in [9.17, 15) is 4.79 Å². The number of aryl methyl sites for hydroxylation is 1. The van der Waals surface area contributed by atoms with Gasteiger partial charge in [-0.3, -0.25) is 0 Å². The predicted molar refractivity (Wildman–Crippen MR) is 62.0 cm³/mol. The van der Waals surface area contributed by atoms with Gasteiger partial charge in [-0.1, -0.05) is 35.0 Å². The van der Waals surface area contributed by atoms with Crippen molar-refractivity contribution in [3.05, 3.63) is 46.8 Å². The summed E-state index contributed by atoms with van der Waals surface area (Å²) in [5.41, 5.74) is 2.82. The van der Waals surface area contributed by atoms with Crippen molar-refractivity contribution in [1.82, 2.24) is 15.0 Å². The Bertz CT molecular complexity index is 561. The number of aromatic carboxylic acids is 1. The first-order chi connectivity index (χ1) is 8.08. The number of carboxylic acid groups (broad SMARTS) is 1. The van der Waals surface area contributed by atoms with Crippen LogP contribution in [0.5, 0.6) is 0 Å². The molecule has 2 aromatic rings. The highest BCUT2D eigenvalue weighted by molar-refractivity contribution is 5.86. The summed E-state index contributed by atoms with van der Waals surface area (Å²) in [6, 6.07) is 8.01. The predicted octanol–water partition coefficient (Wildman–Crippen LogP) is 1.64. The second kappa shape index (κ2) is 4.37. The summed E-state index contributed by atoms with van der Waals surface area (Å²) in [5, 5.41) is 16.4. The van der Waals surface area contributed by atoms with Gasteiger partial charge in [0.15, 0.2) is 5.69 Å². The molecule has 1 N–H and O–H groups in total. The number of carboxylic acids is 1. The topological polar surface area (TPSA) is 68.0 Å². The fraction of sp³-hybridized carbons (Fsp3) is 0.250. The number of nitrogens with zero attached hydrogens (tertiary/aromatic N) is 3. The van der Waals surface area contributed by atoms with Crippen molar-refractivity contribution in [2.45, 2.75) is 20.4 Å². The lowest BCUT2D eigenvalue weighted by Crippen LogP contribution is -2.06. The summed E-state index contributed by atoms with van der Waals surface area (Å²) < 4.78 is 1.60. The number of hydrogen-bond acceptors (Lipinski definition) is 3. The fourth-order valence-electron chi connectivity index (χ4n) is 1.69. The highest BCUT2D eigenvalue weighted by Gasteiger charge is 2.14. The van der Waals surface area contributed by atoms with Crippen LogP contribution in [0.3, 0.4) is 0 Å². The fourth-order valence-corrected chi connectivity index (χ4v) is 1.69. The molecule has 0 atom stereocenters. The van der Waals surface area contributed by atoms with Crippen molar-refractivity contribution in [2.24, 2.45) is 0 Å². The third-order valence-corrected chi connectivity index (χ3v) is 2.60. The van der Waals surface area contributed by atoms with E-state index in [-0.39, 0.29) is 5.69 Å². The Labute approximate surface area is 98.7 Å². The lowest BCUT2D eigenvalue weighted by atomic mass is 10.1. The van der Waals surface area contributed by atoms with E-state index in [4.69, 9.17) is 5.11 Å². The highest BCUT2D eigenvalue weighted by atomic mass is 16.4. The van der Waals surface area contributed by atoms with Crippen LogP contribution in [0.25, 0.3) is 0 Å². The minimum atomic E-state index is -1.04. The number of carbonyl (C=O) groups is 1. The zero-order valence-corrected chi connectivity index (χ0v) is 9.71.